The fourth-order valence-electron chi connectivity index (χ4n) is 4.39. The van der Waals surface area contributed by atoms with E-state index in [1.165, 1.54) is 6.42 Å². The van der Waals surface area contributed by atoms with Crippen LogP contribution in [0.3, 0.4) is 0 Å². The van der Waals surface area contributed by atoms with E-state index < -0.39 is 6.04 Å². The predicted octanol–water partition coefficient (Wildman–Crippen LogP) is 4.34. The minimum absolute atomic E-state index is 0.108. The molecule has 0 spiro atoms. The molecule has 0 heterocycles. The number of nitrogens with one attached hydrogen (secondary N) is 1. The normalized spacial score (nSPS) is 14.7. The second kappa shape index (κ2) is 12.9. The van der Waals surface area contributed by atoms with E-state index in [0.29, 0.717) is 23.7 Å². The number of rotatable bonds is 11. The van der Waals surface area contributed by atoms with Gasteiger partial charge in [-0.05, 0) is 49.1 Å². The van der Waals surface area contributed by atoms with Crippen molar-refractivity contribution in [3.8, 4) is 17.2 Å². The average molecular weight is 469 g/mol. The van der Waals surface area contributed by atoms with Gasteiger partial charge in [0, 0.05) is 12.6 Å². The third-order valence-electron chi connectivity index (χ3n) is 6.24. The van der Waals surface area contributed by atoms with Gasteiger partial charge in [0.25, 0.3) is 5.91 Å². The summed E-state index contributed by atoms with van der Waals surface area (Å²) in [6, 6.07) is 14.3. The van der Waals surface area contributed by atoms with Crippen LogP contribution in [0.4, 0.5) is 0 Å². The Morgan fingerprint density at radius 2 is 1.74 bits per heavy atom. The number of para-hydroxylation sites is 2. The van der Waals surface area contributed by atoms with Crippen molar-refractivity contribution >= 4 is 11.8 Å². The molecule has 34 heavy (non-hydrogen) atoms. The highest BCUT2D eigenvalue weighted by atomic mass is 16.5. The van der Waals surface area contributed by atoms with Crippen LogP contribution in [0.15, 0.2) is 48.5 Å². The molecule has 0 aliphatic heterocycles. The Morgan fingerprint density at radius 3 is 2.41 bits per heavy atom. The number of carbonyl (C=O) groups excluding carboxylic acids is 2. The first-order chi connectivity index (χ1) is 16.5. The highest BCUT2D eigenvalue weighted by molar-refractivity contribution is 5.88. The predicted molar refractivity (Wildman–Crippen MR) is 131 cm³/mol. The third-order valence-corrected chi connectivity index (χ3v) is 6.24. The molecule has 0 aromatic heterocycles. The second-order valence-electron chi connectivity index (χ2n) is 8.58. The summed E-state index contributed by atoms with van der Waals surface area (Å²) in [5, 5.41) is 3.19. The Labute approximate surface area is 202 Å². The zero-order valence-corrected chi connectivity index (χ0v) is 20.4. The van der Waals surface area contributed by atoms with E-state index in [1.807, 2.05) is 43.3 Å². The number of nitrogens with zero attached hydrogens (tertiary/aromatic N) is 1. The lowest BCUT2D eigenvalue weighted by Gasteiger charge is -2.32. The average Bonchev–Trinajstić information content (AvgIpc) is 2.88. The lowest BCUT2D eigenvalue weighted by atomic mass is 9.95. The molecule has 7 heteroatoms. The lowest BCUT2D eigenvalue weighted by Crippen LogP contribution is -2.52. The summed E-state index contributed by atoms with van der Waals surface area (Å²) >= 11 is 0. The highest BCUT2D eigenvalue weighted by Gasteiger charge is 2.30. The molecule has 1 unspecified atom stereocenters. The molecular weight excluding hydrogens is 432 g/mol. The van der Waals surface area contributed by atoms with Crippen molar-refractivity contribution < 1.29 is 23.8 Å². The smallest absolute Gasteiger partial charge is 0.261 e. The van der Waals surface area contributed by atoms with Gasteiger partial charge in [0.15, 0.2) is 18.1 Å². The summed E-state index contributed by atoms with van der Waals surface area (Å²) in [7, 11) is 3.16. The molecule has 2 aromatic rings. The molecule has 2 amide bonds. The van der Waals surface area contributed by atoms with Crippen molar-refractivity contribution in [3.05, 3.63) is 54.1 Å². The summed E-state index contributed by atoms with van der Waals surface area (Å²) in [5.41, 5.74) is 0.883. The maximum atomic E-state index is 13.4. The monoisotopic (exact) mass is 468 g/mol. The first-order valence-electron chi connectivity index (χ1n) is 12.0. The Morgan fingerprint density at radius 1 is 1.00 bits per heavy atom. The molecular formula is C27H36N2O5. The minimum atomic E-state index is -0.595. The Kier molecular flexibility index (Phi) is 9.62. The van der Waals surface area contributed by atoms with E-state index in [2.05, 4.69) is 5.32 Å². The van der Waals surface area contributed by atoms with Crippen LogP contribution in [-0.4, -0.2) is 49.6 Å². The van der Waals surface area contributed by atoms with Crippen molar-refractivity contribution in [1.82, 2.24) is 10.2 Å². The van der Waals surface area contributed by atoms with E-state index in [1.54, 1.807) is 31.3 Å². The standard InChI is InChI=1S/C27H36N2O5/c1-4-23(27(31)28-21-12-6-5-7-13-21)29(18-20-11-10-14-22(17-20)32-2)26(30)19-34-25-16-9-8-15-24(25)33-3/h8-11,14-17,21,23H,4-7,12-13,18-19H2,1-3H3,(H,28,31). The zero-order chi connectivity index (χ0) is 24.3. The number of ether oxygens (including phenoxy) is 3. The van der Waals surface area contributed by atoms with E-state index in [-0.39, 0.29) is 31.0 Å². The van der Waals surface area contributed by atoms with Crippen LogP contribution in [-0.2, 0) is 16.1 Å². The van der Waals surface area contributed by atoms with Crippen molar-refractivity contribution in [1.29, 1.82) is 0 Å². The third kappa shape index (κ3) is 6.89. The summed E-state index contributed by atoms with van der Waals surface area (Å²) in [5.74, 6) is 1.37. The van der Waals surface area contributed by atoms with E-state index >= 15 is 0 Å². The van der Waals surface area contributed by atoms with Crippen LogP contribution < -0.4 is 19.5 Å². The molecule has 0 radical (unpaired) electrons. The topological polar surface area (TPSA) is 77.1 Å². The van der Waals surface area contributed by atoms with Crippen molar-refractivity contribution in [2.45, 2.75) is 64.1 Å². The summed E-state index contributed by atoms with van der Waals surface area (Å²) in [6.07, 6.45) is 5.95. The van der Waals surface area contributed by atoms with Gasteiger partial charge in [0.1, 0.15) is 11.8 Å². The zero-order valence-electron chi connectivity index (χ0n) is 20.4. The summed E-state index contributed by atoms with van der Waals surface area (Å²) in [6.45, 7) is 2.01. The minimum Gasteiger partial charge on any atom is -0.497 e. The molecule has 7 nitrogen and oxygen atoms in total. The van der Waals surface area contributed by atoms with Gasteiger partial charge >= 0.3 is 0 Å². The van der Waals surface area contributed by atoms with Crippen LogP contribution in [0.2, 0.25) is 0 Å². The van der Waals surface area contributed by atoms with Crippen LogP contribution in [0, 0.1) is 0 Å². The van der Waals surface area contributed by atoms with Gasteiger partial charge in [-0.3, -0.25) is 9.59 Å². The molecule has 0 saturated heterocycles. The Bertz CT molecular complexity index is 942. The fraction of sp³-hybridized carbons (Fsp3) is 0.481. The quantitative estimate of drug-likeness (QED) is 0.531. The Hall–Kier alpha value is -3.22. The number of carbonyl (C=O) groups is 2. The van der Waals surface area contributed by atoms with Gasteiger partial charge in [-0.15, -0.1) is 0 Å². The summed E-state index contributed by atoms with van der Waals surface area (Å²) in [4.78, 5) is 28.3. The molecule has 2 aromatic carbocycles. The Balaban J connectivity index is 1.78. The SMILES string of the molecule is CCC(C(=O)NC1CCCCC1)N(Cc1cccc(OC)c1)C(=O)COc1ccccc1OC. The van der Waals surface area contributed by atoms with E-state index in [0.717, 1.165) is 31.2 Å². The largest absolute Gasteiger partial charge is 0.497 e. The van der Waals surface area contributed by atoms with Crippen molar-refractivity contribution in [3.63, 3.8) is 0 Å². The van der Waals surface area contributed by atoms with Gasteiger partial charge in [-0.1, -0.05) is 50.5 Å². The molecule has 0 bridgehead atoms. The number of methoxy groups -OCH3 is 2. The first-order valence-corrected chi connectivity index (χ1v) is 12.0. The molecule has 1 saturated carbocycles. The van der Waals surface area contributed by atoms with Crippen LogP contribution in [0.1, 0.15) is 51.0 Å². The van der Waals surface area contributed by atoms with Gasteiger partial charge in [-0.25, -0.2) is 0 Å². The number of amides is 2. The maximum absolute atomic E-state index is 13.4. The number of benzene rings is 2. The molecule has 1 N–H and O–H groups in total. The number of hydrogen-bond donors (Lipinski definition) is 1. The van der Waals surface area contributed by atoms with Gasteiger partial charge in [-0.2, -0.15) is 0 Å². The molecule has 1 aliphatic carbocycles. The molecule has 1 atom stereocenters. The van der Waals surface area contributed by atoms with Gasteiger partial charge < -0.3 is 24.4 Å². The number of hydrogen-bond acceptors (Lipinski definition) is 5. The van der Waals surface area contributed by atoms with Crippen LogP contribution in [0.25, 0.3) is 0 Å². The van der Waals surface area contributed by atoms with Gasteiger partial charge in [0.05, 0.1) is 14.2 Å². The van der Waals surface area contributed by atoms with Crippen LogP contribution >= 0.6 is 0 Å². The molecule has 1 aliphatic rings. The van der Waals surface area contributed by atoms with E-state index in [4.69, 9.17) is 14.2 Å². The molecule has 3 rings (SSSR count). The first kappa shape index (κ1) is 25.4. The molecule has 184 valence electrons. The van der Waals surface area contributed by atoms with Crippen molar-refractivity contribution in [2.75, 3.05) is 20.8 Å². The van der Waals surface area contributed by atoms with Crippen molar-refractivity contribution in [2.24, 2.45) is 0 Å². The fourth-order valence-corrected chi connectivity index (χ4v) is 4.39. The van der Waals surface area contributed by atoms with Crippen LogP contribution in [0.5, 0.6) is 17.2 Å². The van der Waals surface area contributed by atoms with E-state index in [9.17, 15) is 9.59 Å². The highest BCUT2D eigenvalue weighted by Crippen LogP contribution is 2.26. The van der Waals surface area contributed by atoms with Gasteiger partial charge in [0.2, 0.25) is 5.91 Å². The molecule has 1 fully saturated rings. The second-order valence-corrected chi connectivity index (χ2v) is 8.58. The summed E-state index contributed by atoms with van der Waals surface area (Å²) < 4.78 is 16.5. The maximum Gasteiger partial charge on any atom is 0.261 e. The lowest BCUT2D eigenvalue weighted by molar-refractivity contribution is -0.143.